The van der Waals surface area contributed by atoms with Crippen molar-refractivity contribution in [2.45, 2.75) is 13.0 Å². The lowest BCUT2D eigenvalue weighted by atomic mass is 10.2. The Labute approximate surface area is 157 Å². The highest BCUT2D eigenvalue weighted by molar-refractivity contribution is 7.22. The molecule has 1 aromatic heterocycles. The first-order chi connectivity index (χ1) is 12.9. The fourth-order valence-corrected chi connectivity index (χ4v) is 3.16. The third kappa shape index (κ3) is 4.36. The Hall–Kier alpha value is -3.53. The van der Waals surface area contributed by atoms with E-state index in [9.17, 15) is 20.0 Å². The Morgan fingerprint density at radius 1 is 1.33 bits per heavy atom. The molecule has 2 N–H and O–H groups in total. The predicted molar refractivity (Wildman–Crippen MR) is 101 cm³/mol. The summed E-state index contributed by atoms with van der Waals surface area (Å²) < 4.78 is 1.01. The summed E-state index contributed by atoms with van der Waals surface area (Å²) in [6, 6.07) is 10.6. The van der Waals surface area contributed by atoms with Crippen LogP contribution in [0.15, 0.2) is 47.6 Å². The van der Waals surface area contributed by atoms with Gasteiger partial charge in [0.05, 0.1) is 21.4 Å². The molecular weight excluding hydrogens is 370 g/mol. The summed E-state index contributed by atoms with van der Waals surface area (Å²) in [5.74, 6) is -1.09. The standard InChI is InChI=1S/C17H15N5O4S/c1-10(19-17-20-12-4-2-3-5-15(12)27-17)16(24)21-18-9-11-6-7-14(23)13(8-11)22(25)26/h2-10,23H,1H3,(H,19,20)(H,21,24)/p-1/b18-9-/t10-/m0/s1. The second-order valence-corrected chi connectivity index (χ2v) is 6.60. The van der Waals surface area contributed by atoms with E-state index in [4.69, 9.17) is 0 Å². The van der Waals surface area contributed by atoms with Crippen LogP contribution in [0, 0.1) is 10.1 Å². The van der Waals surface area contributed by atoms with E-state index in [1.165, 1.54) is 23.6 Å². The molecule has 1 atom stereocenters. The van der Waals surface area contributed by atoms with Crippen LogP contribution in [0.4, 0.5) is 10.8 Å². The number of aromatic nitrogens is 1. The SMILES string of the molecule is C[C@H](Nc1nc2ccccc2s1)C(=O)N/N=C\c1ccc([O-])c([N+](=O)[O-])c1. The number of nitrogens with one attached hydrogen (secondary N) is 2. The third-order valence-electron chi connectivity index (χ3n) is 3.60. The van der Waals surface area contributed by atoms with Gasteiger partial charge >= 0.3 is 0 Å². The maximum atomic E-state index is 12.1. The molecule has 3 rings (SSSR count). The normalized spacial score (nSPS) is 12.2. The number of anilines is 1. The van der Waals surface area contributed by atoms with Gasteiger partial charge in [0, 0.05) is 11.6 Å². The fraction of sp³-hybridized carbons (Fsp3) is 0.118. The van der Waals surface area contributed by atoms with Crippen molar-refractivity contribution in [3.8, 4) is 5.75 Å². The maximum Gasteiger partial charge on any atom is 0.262 e. The van der Waals surface area contributed by atoms with Crippen molar-refractivity contribution in [1.82, 2.24) is 10.4 Å². The van der Waals surface area contributed by atoms with Gasteiger partial charge in [0.2, 0.25) is 0 Å². The van der Waals surface area contributed by atoms with Gasteiger partial charge in [-0.25, -0.2) is 10.4 Å². The Kier molecular flexibility index (Phi) is 5.27. The fourth-order valence-electron chi connectivity index (χ4n) is 2.21. The Morgan fingerprint density at radius 3 is 2.85 bits per heavy atom. The summed E-state index contributed by atoms with van der Waals surface area (Å²) >= 11 is 1.44. The van der Waals surface area contributed by atoms with Crippen molar-refractivity contribution in [2.24, 2.45) is 5.10 Å². The van der Waals surface area contributed by atoms with E-state index < -0.39 is 28.3 Å². The molecule has 0 saturated carbocycles. The van der Waals surface area contributed by atoms with Crippen LogP contribution in [-0.2, 0) is 4.79 Å². The number of hydrogen-bond donors (Lipinski definition) is 2. The van der Waals surface area contributed by atoms with Gasteiger partial charge in [-0.2, -0.15) is 5.10 Å². The molecule has 138 valence electrons. The van der Waals surface area contributed by atoms with Gasteiger partial charge in [-0.15, -0.1) is 0 Å². The van der Waals surface area contributed by atoms with Gasteiger partial charge in [-0.05, 0) is 24.8 Å². The van der Waals surface area contributed by atoms with E-state index in [0.29, 0.717) is 10.7 Å². The molecule has 0 aliphatic heterocycles. The number of carbonyl (C=O) groups excluding carboxylic acids is 1. The molecule has 3 aromatic rings. The number of hydrazone groups is 1. The van der Waals surface area contributed by atoms with Crippen molar-refractivity contribution < 1.29 is 14.8 Å². The van der Waals surface area contributed by atoms with Gasteiger partial charge in [0.25, 0.3) is 11.6 Å². The van der Waals surface area contributed by atoms with Crippen molar-refractivity contribution >= 4 is 44.5 Å². The highest BCUT2D eigenvalue weighted by Gasteiger charge is 2.14. The van der Waals surface area contributed by atoms with Crippen LogP contribution in [0.5, 0.6) is 5.75 Å². The number of fused-ring (bicyclic) bond motifs is 1. The summed E-state index contributed by atoms with van der Waals surface area (Å²) in [6.45, 7) is 1.66. The minimum Gasteiger partial charge on any atom is -0.868 e. The zero-order valence-corrected chi connectivity index (χ0v) is 14.9. The van der Waals surface area contributed by atoms with Crippen LogP contribution < -0.4 is 15.8 Å². The average Bonchev–Trinajstić information content (AvgIpc) is 3.04. The van der Waals surface area contributed by atoms with Crippen LogP contribution in [0.3, 0.4) is 0 Å². The lowest BCUT2D eigenvalue weighted by Gasteiger charge is -2.10. The van der Waals surface area contributed by atoms with Crippen molar-refractivity contribution in [3.63, 3.8) is 0 Å². The van der Waals surface area contributed by atoms with E-state index >= 15 is 0 Å². The number of benzene rings is 2. The summed E-state index contributed by atoms with van der Waals surface area (Å²) in [4.78, 5) is 26.5. The summed E-state index contributed by atoms with van der Waals surface area (Å²) in [5.41, 5.74) is 2.97. The quantitative estimate of drug-likeness (QED) is 0.380. The highest BCUT2D eigenvalue weighted by Crippen LogP contribution is 2.26. The van der Waals surface area contributed by atoms with Crippen LogP contribution in [-0.4, -0.2) is 28.1 Å². The largest absolute Gasteiger partial charge is 0.868 e. The molecule has 2 aromatic carbocycles. The third-order valence-corrected chi connectivity index (χ3v) is 4.56. The molecule has 0 spiro atoms. The monoisotopic (exact) mass is 384 g/mol. The van der Waals surface area contributed by atoms with E-state index in [1.807, 2.05) is 24.3 Å². The number of para-hydroxylation sites is 1. The van der Waals surface area contributed by atoms with Crippen LogP contribution in [0.2, 0.25) is 0 Å². The Balaban J connectivity index is 1.60. The molecule has 0 fully saturated rings. The van der Waals surface area contributed by atoms with Crippen molar-refractivity contribution in [1.29, 1.82) is 0 Å². The molecule has 0 aliphatic rings. The van der Waals surface area contributed by atoms with Crippen molar-refractivity contribution in [2.75, 3.05) is 5.32 Å². The molecule has 10 heteroatoms. The number of amides is 1. The summed E-state index contributed by atoms with van der Waals surface area (Å²) in [6.07, 6.45) is 1.23. The molecule has 0 bridgehead atoms. The first-order valence-electron chi connectivity index (χ1n) is 7.84. The molecule has 1 amide bonds. The number of nitrogens with zero attached hydrogens (tertiary/aromatic N) is 3. The second-order valence-electron chi connectivity index (χ2n) is 5.57. The number of hydrogen-bond acceptors (Lipinski definition) is 8. The average molecular weight is 384 g/mol. The molecule has 0 unspecified atom stereocenters. The molecule has 0 saturated heterocycles. The van der Waals surface area contributed by atoms with E-state index in [2.05, 4.69) is 20.8 Å². The minimum absolute atomic E-state index is 0.327. The second kappa shape index (κ2) is 7.79. The number of rotatable bonds is 6. The number of thiazole rings is 1. The zero-order valence-electron chi connectivity index (χ0n) is 14.1. The van der Waals surface area contributed by atoms with Crippen molar-refractivity contribution in [3.05, 3.63) is 58.1 Å². The van der Waals surface area contributed by atoms with Crippen LogP contribution in [0.1, 0.15) is 12.5 Å². The molecule has 0 aliphatic carbocycles. The van der Waals surface area contributed by atoms with E-state index in [1.54, 1.807) is 6.92 Å². The zero-order chi connectivity index (χ0) is 19.4. The Morgan fingerprint density at radius 2 is 2.11 bits per heavy atom. The van der Waals surface area contributed by atoms with E-state index in [-0.39, 0.29) is 0 Å². The van der Waals surface area contributed by atoms with Gasteiger partial charge in [0.15, 0.2) is 5.13 Å². The summed E-state index contributed by atoms with van der Waals surface area (Å²) in [7, 11) is 0. The number of carbonyl (C=O) groups is 1. The minimum atomic E-state index is -0.762. The van der Waals surface area contributed by atoms with Gasteiger partial charge in [-0.1, -0.05) is 35.6 Å². The first kappa shape index (κ1) is 18.3. The van der Waals surface area contributed by atoms with Gasteiger partial charge in [0.1, 0.15) is 6.04 Å². The number of nitro groups is 1. The Bertz CT molecular complexity index is 1000. The van der Waals surface area contributed by atoms with E-state index in [0.717, 1.165) is 22.3 Å². The van der Waals surface area contributed by atoms with Crippen LogP contribution >= 0.6 is 11.3 Å². The predicted octanol–water partition coefficient (Wildman–Crippen LogP) is 2.23. The van der Waals surface area contributed by atoms with Gasteiger partial charge < -0.3 is 10.4 Å². The molecule has 0 radical (unpaired) electrons. The molecular formula is C17H14N5O4S-. The maximum absolute atomic E-state index is 12.1. The smallest absolute Gasteiger partial charge is 0.262 e. The topological polar surface area (TPSA) is 133 Å². The summed E-state index contributed by atoms with van der Waals surface area (Å²) in [5, 5.41) is 29.5. The lowest BCUT2D eigenvalue weighted by molar-refractivity contribution is -0.398. The molecule has 9 nitrogen and oxygen atoms in total. The first-order valence-corrected chi connectivity index (χ1v) is 8.66. The number of nitro benzene ring substituents is 1. The highest BCUT2D eigenvalue weighted by atomic mass is 32.1. The molecule has 1 heterocycles. The lowest BCUT2D eigenvalue weighted by Crippen LogP contribution is -2.34. The molecule has 27 heavy (non-hydrogen) atoms. The van der Waals surface area contributed by atoms with Gasteiger partial charge in [-0.3, -0.25) is 14.9 Å². The van der Waals surface area contributed by atoms with Crippen LogP contribution in [0.25, 0.3) is 10.2 Å².